The Hall–Kier alpha value is -0.610. The van der Waals surface area contributed by atoms with Gasteiger partial charge < -0.3 is 15.9 Å². The van der Waals surface area contributed by atoms with Crippen LogP contribution in [0, 0.1) is 0 Å². The van der Waals surface area contributed by atoms with Gasteiger partial charge in [-0.05, 0) is 6.92 Å². The zero-order valence-corrected chi connectivity index (χ0v) is 4.53. The summed E-state index contributed by atoms with van der Waals surface area (Å²) in [6.45, 7) is 1.33. The van der Waals surface area contributed by atoms with Gasteiger partial charge >= 0.3 is 5.97 Å². The second kappa shape index (κ2) is 2.64. The van der Waals surface area contributed by atoms with Crippen LogP contribution < -0.4 is 5.73 Å². The van der Waals surface area contributed by atoms with Crippen LogP contribution in [-0.2, 0) is 4.79 Å². The third-order valence-corrected chi connectivity index (χ3v) is 0.805. The molecule has 0 aliphatic rings. The van der Waals surface area contributed by atoms with Gasteiger partial charge in [-0.3, -0.25) is 4.79 Å². The Morgan fingerprint density at radius 3 is 2.12 bits per heavy atom. The molecule has 0 spiro atoms. The molecule has 2 atom stereocenters. The van der Waals surface area contributed by atoms with Crippen molar-refractivity contribution in [3.05, 3.63) is 0 Å². The Balaban J connectivity index is 3.64. The van der Waals surface area contributed by atoms with Crippen molar-refractivity contribution < 1.29 is 15.0 Å². The van der Waals surface area contributed by atoms with Gasteiger partial charge in [0.25, 0.3) is 0 Å². The molecule has 0 saturated carbocycles. The molecule has 4 N–H and O–H groups in total. The Kier molecular flexibility index (Phi) is 2.44. The molecule has 4 nitrogen and oxygen atoms in total. The van der Waals surface area contributed by atoms with Crippen LogP contribution >= 0.6 is 0 Å². The van der Waals surface area contributed by atoms with E-state index in [0.717, 1.165) is 0 Å². The predicted octanol–water partition coefficient (Wildman–Crippen LogP) is -1.22. The average molecular weight is 120 g/mol. The van der Waals surface area contributed by atoms with E-state index in [4.69, 9.17) is 15.9 Å². The van der Waals surface area contributed by atoms with Gasteiger partial charge in [0, 0.05) is 0 Å². The third-order valence-electron chi connectivity index (χ3n) is 0.805. The average Bonchev–Trinajstić information content (AvgIpc) is 1.64. The minimum atomic E-state index is -1.18. The summed E-state index contributed by atoms with van der Waals surface area (Å²) in [5.74, 6) is -1.18. The number of hydrogen-bond donors (Lipinski definition) is 3. The molecule has 0 amide bonds. The van der Waals surface area contributed by atoms with Gasteiger partial charge in [-0.15, -0.1) is 0 Å². The van der Waals surface area contributed by atoms with E-state index < -0.39 is 18.1 Å². The van der Waals surface area contributed by atoms with Crippen molar-refractivity contribution in [1.82, 2.24) is 0 Å². The third kappa shape index (κ3) is 1.90. The van der Waals surface area contributed by atoms with Gasteiger partial charge in [-0.2, -0.15) is 0 Å². The van der Waals surface area contributed by atoms with E-state index in [1.54, 1.807) is 0 Å². The molecule has 0 fully saturated rings. The minimum Gasteiger partial charge on any atom is -0.480 e. The monoisotopic (exact) mass is 120 g/mol. The highest BCUT2D eigenvalue weighted by atomic mass is 16.4. The van der Waals surface area contributed by atoms with Gasteiger partial charge in [0.1, 0.15) is 6.04 Å². The molecule has 0 saturated heterocycles. The van der Waals surface area contributed by atoms with Gasteiger partial charge in [-0.1, -0.05) is 0 Å². The van der Waals surface area contributed by atoms with E-state index >= 15 is 0 Å². The van der Waals surface area contributed by atoms with Crippen LogP contribution in [0.3, 0.4) is 0 Å². The number of carbonyl (C=O) groups is 1. The quantitative estimate of drug-likeness (QED) is 0.399. The van der Waals surface area contributed by atoms with Crippen LogP contribution in [0.1, 0.15) is 6.92 Å². The van der Waals surface area contributed by atoms with Crippen LogP contribution in [-0.4, -0.2) is 28.3 Å². The summed E-state index contributed by atoms with van der Waals surface area (Å²) in [5.41, 5.74) is 4.91. The summed E-state index contributed by atoms with van der Waals surface area (Å²) in [6, 6.07) is -1.16. The lowest BCUT2D eigenvalue weighted by atomic mass is 10.2. The van der Waals surface area contributed by atoms with Crippen LogP contribution in [0.15, 0.2) is 0 Å². The van der Waals surface area contributed by atoms with Gasteiger partial charge in [-0.25, -0.2) is 0 Å². The van der Waals surface area contributed by atoms with Gasteiger partial charge in [0.2, 0.25) is 0 Å². The summed E-state index contributed by atoms with van der Waals surface area (Å²) in [4.78, 5) is 9.86. The lowest BCUT2D eigenvalue weighted by Gasteiger charge is -2.06. The highest BCUT2D eigenvalue weighted by molar-refractivity contribution is 5.73. The largest absolute Gasteiger partial charge is 0.480 e. The predicted molar refractivity (Wildman–Crippen MR) is 27.3 cm³/mol. The summed E-state index contributed by atoms with van der Waals surface area (Å²) in [7, 11) is 0. The fourth-order valence-corrected chi connectivity index (χ4v) is 0.206. The maximum atomic E-state index is 9.86. The van der Waals surface area contributed by atoms with Crippen molar-refractivity contribution in [3.63, 3.8) is 0 Å². The second-order valence-corrected chi connectivity index (χ2v) is 1.60. The first-order valence-corrected chi connectivity index (χ1v) is 2.22. The zero-order valence-electron chi connectivity index (χ0n) is 4.53. The molecule has 0 aromatic carbocycles. The summed E-state index contributed by atoms with van der Waals surface area (Å²) >= 11 is 0. The molecule has 0 heterocycles. The van der Waals surface area contributed by atoms with Crippen molar-refractivity contribution in [3.8, 4) is 0 Å². The molecule has 48 valence electrons. The molecule has 0 aromatic heterocycles. The van der Waals surface area contributed by atoms with Crippen molar-refractivity contribution in [2.45, 2.75) is 19.1 Å². The molecule has 0 radical (unpaired) electrons. The molecule has 8 heavy (non-hydrogen) atoms. The first-order valence-electron chi connectivity index (χ1n) is 2.22. The molecule has 0 bridgehead atoms. The molecule has 1 unspecified atom stereocenters. The smallest absolute Gasteiger partial charge is 0.323 e. The number of carboxylic acid groups (broad SMARTS) is 1. The minimum absolute atomic E-state index is 0.979. The summed E-state index contributed by atoms with van der Waals surface area (Å²) in [6.07, 6.45) is -0.979. The van der Waals surface area contributed by atoms with Crippen molar-refractivity contribution >= 4 is 5.97 Å². The Morgan fingerprint density at radius 2 is 2.12 bits per heavy atom. The number of aliphatic hydroxyl groups is 1. The van der Waals surface area contributed by atoms with Crippen LogP contribution in [0.4, 0.5) is 0 Å². The summed E-state index contributed by atoms with van der Waals surface area (Å²) < 4.78 is 0. The van der Waals surface area contributed by atoms with E-state index in [1.807, 2.05) is 0 Å². The molecule has 0 aliphatic carbocycles. The molecular weight excluding hydrogens is 111 g/mol. The molecule has 0 rings (SSSR count). The number of nitrogens with two attached hydrogens (primary N) is 1. The first kappa shape index (κ1) is 7.39. The van der Waals surface area contributed by atoms with Crippen LogP contribution in [0.25, 0.3) is 0 Å². The highest BCUT2D eigenvalue weighted by Gasteiger charge is 2.16. The fourth-order valence-electron chi connectivity index (χ4n) is 0.206. The van der Waals surface area contributed by atoms with Crippen molar-refractivity contribution in [2.75, 3.05) is 0 Å². The fraction of sp³-hybridized carbons (Fsp3) is 0.750. The SMILES string of the molecule is C[C@@H](O)C([15NH2])C(=O)O. The topological polar surface area (TPSA) is 83.5 Å². The molecular formula is C4H9NO3. The second-order valence-electron chi connectivity index (χ2n) is 1.60. The van der Waals surface area contributed by atoms with Crippen LogP contribution in [0.5, 0.6) is 0 Å². The standard InChI is InChI=1S/C4H9NO3/c1-2(6)3(5)4(7)8/h2-3,6H,5H2,1H3,(H,7,8)/t2-,3?/m1/s1/i5+1. The number of aliphatic carboxylic acids is 1. The Bertz CT molecular complexity index is 91.3. The maximum Gasteiger partial charge on any atom is 0.323 e. The van der Waals surface area contributed by atoms with E-state index in [1.165, 1.54) is 6.92 Å². The van der Waals surface area contributed by atoms with E-state index in [0.29, 0.717) is 0 Å². The van der Waals surface area contributed by atoms with E-state index in [9.17, 15) is 4.79 Å². The lowest BCUT2D eigenvalue weighted by Crippen LogP contribution is -2.39. The van der Waals surface area contributed by atoms with E-state index in [-0.39, 0.29) is 0 Å². The van der Waals surface area contributed by atoms with Crippen LogP contribution in [0.2, 0.25) is 0 Å². The normalized spacial score (nSPS) is 17.4. The number of hydrogen-bond acceptors (Lipinski definition) is 3. The van der Waals surface area contributed by atoms with E-state index in [2.05, 4.69) is 0 Å². The molecule has 0 aliphatic heterocycles. The summed E-state index contributed by atoms with van der Waals surface area (Å²) in [5, 5.41) is 16.6. The molecule has 0 aromatic rings. The highest BCUT2D eigenvalue weighted by Crippen LogP contribution is 1.85. The zero-order chi connectivity index (χ0) is 6.73. The lowest BCUT2D eigenvalue weighted by molar-refractivity contribution is -0.140. The van der Waals surface area contributed by atoms with Crippen molar-refractivity contribution in [2.24, 2.45) is 5.73 Å². The number of aliphatic hydroxyl groups excluding tert-OH is 1. The number of rotatable bonds is 2. The first-order chi connectivity index (χ1) is 3.55. The van der Waals surface area contributed by atoms with Gasteiger partial charge in [0.05, 0.1) is 6.10 Å². The maximum absolute atomic E-state index is 9.86. The van der Waals surface area contributed by atoms with Gasteiger partial charge in [0.15, 0.2) is 0 Å². The Morgan fingerprint density at radius 1 is 1.75 bits per heavy atom. The van der Waals surface area contributed by atoms with Crippen molar-refractivity contribution in [1.29, 1.82) is 0 Å². The number of carboxylic acids is 1. The molecule has 4 heteroatoms. The Labute approximate surface area is 46.9 Å².